The van der Waals surface area contributed by atoms with Crippen LogP contribution in [0.15, 0.2) is 0 Å². The summed E-state index contributed by atoms with van der Waals surface area (Å²) in [4.78, 5) is 2.36. The lowest BCUT2D eigenvalue weighted by molar-refractivity contribution is 0.260. The molecule has 0 aromatic heterocycles. The van der Waals surface area contributed by atoms with Crippen molar-refractivity contribution in [3.63, 3.8) is 0 Å². The van der Waals surface area contributed by atoms with Crippen LogP contribution in [0.4, 0.5) is 0 Å². The highest BCUT2D eigenvalue weighted by Gasteiger charge is 2.08. The van der Waals surface area contributed by atoms with Gasteiger partial charge in [-0.25, -0.2) is 0 Å². The van der Waals surface area contributed by atoms with Crippen molar-refractivity contribution in [1.29, 1.82) is 0 Å². The van der Waals surface area contributed by atoms with Crippen LogP contribution in [0.3, 0.4) is 0 Å². The zero-order valence-corrected chi connectivity index (χ0v) is 10.1. The summed E-state index contributed by atoms with van der Waals surface area (Å²) in [6.07, 6.45) is 6.78. The zero-order chi connectivity index (χ0) is 10.3. The number of rotatable bonds is 7. The van der Waals surface area contributed by atoms with Gasteiger partial charge >= 0.3 is 0 Å². The van der Waals surface area contributed by atoms with Crippen LogP contribution in [0.1, 0.15) is 52.9 Å². The molecule has 0 saturated heterocycles. The predicted octanol–water partition coefficient (Wildman–Crippen LogP) is 3.54. The summed E-state index contributed by atoms with van der Waals surface area (Å²) in [5.74, 6) is 0.916. The van der Waals surface area contributed by atoms with Gasteiger partial charge in [0.15, 0.2) is 0 Å². The van der Waals surface area contributed by atoms with Gasteiger partial charge < -0.3 is 4.90 Å². The quantitative estimate of drug-likeness (QED) is 0.586. The van der Waals surface area contributed by atoms with E-state index in [4.69, 9.17) is 0 Å². The smallest absolute Gasteiger partial charge is 0.00865 e. The third-order valence-electron chi connectivity index (χ3n) is 3.13. The van der Waals surface area contributed by atoms with Gasteiger partial charge in [-0.05, 0) is 32.9 Å². The van der Waals surface area contributed by atoms with Gasteiger partial charge in [-0.15, -0.1) is 0 Å². The summed E-state index contributed by atoms with van der Waals surface area (Å²) in [7, 11) is 4.38. The van der Waals surface area contributed by atoms with E-state index >= 15 is 0 Å². The molecule has 0 aromatic rings. The van der Waals surface area contributed by atoms with E-state index in [1.54, 1.807) is 0 Å². The highest BCUT2D eigenvalue weighted by atomic mass is 15.1. The zero-order valence-electron chi connectivity index (χ0n) is 10.1. The Balaban J connectivity index is 3.49. The van der Waals surface area contributed by atoms with Gasteiger partial charge in [-0.2, -0.15) is 0 Å². The van der Waals surface area contributed by atoms with E-state index < -0.39 is 0 Å². The molecule has 80 valence electrons. The molecule has 0 rings (SSSR count). The molecule has 0 amide bonds. The van der Waals surface area contributed by atoms with Gasteiger partial charge in [0.1, 0.15) is 0 Å². The van der Waals surface area contributed by atoms with Crippen LogP contribution < -0.4 is 0 Å². The molecule has 0 saturated carbocycles. The Bertz CT molecular complexity index is 110. The third-order valence-corrected chi connectivity index (χ3v) is 3.13. The molecule has 0 aliphatic heterocycles. The van der Waals surface area contributed by atoms with Crippen LogP contribution in [0.2, 0.25) is 0 Å². The third kappa shape index (κ3) is 6.09. The fraction of sp³-hybridized carbons (Fsp3) is 1.00. The minimum absolute atomic E-state index is 0.795. The first-order valence-electron chi connectivity index (χ1n) is 5.78. The molecule has 13 heavy (non-hydrogen) atoms. The van der Waals surface area contributed by atoms with Crippen molar-refractivity contribution in [3.8, 4) is 0 Å². The predicted molar refractivity (Wildman–Crippen MR) is 61.1 cm³/mol. The molecule has 0 aromatic carbocycles. The highest BCUT2D eigenvalue weighted by Crippen LogP contribution is 2.15. The van der Waals surface area contributed by atoms with E-state index in [9.17, 15) is 0 Å². The summed E-state index contributed by atoms with van der Waals surface area (Å²) in [6, 6.07) is 0.795. The normalized spacial score (nSPS) is 16.2. The maximum atomic E-state index is 2.36. The Morgan fingerprint density at radius 2 is 1.62 bits per heavy atom. The monoisotopic (exact) mass is 185 g/mol. The Hall–Kier alpha value is -0.0400. The van der Waals surface area contributed by atoms with Crippen LogP contribution in [-0.4, -0.2) is 25.0 Å². The van der Waals surface area contributed by atoms with E-state index in [-0.39, 0.29) is 0 Å². The Morgan fingerprint density at radius 3 is 2.00 bits per heavy atom. The topological polar surface area (TPSA) is 3.24 Å². The summed E-state index contributed by atoms with van der Waals surface area (Å²) in [6.45, 7) is 6.93. The average Bonchev–Trinajstić information content (AvgIpc) is 2.11. The van der Waals surface area contributed by atoms with Crippen molar-refractivity contribution in [2.24, 2.45) is 5.92 Å². The van der Waals surface area contributed by atoms with Gasteiger partial charge in [0.2, 0.25) is 0 Å². The SMILES string of the molecule is CCC(C)CCCC(CC)N(C)C. The van der Waals surface area contributed by atoms with Gasteiger partial charge in [-0.1, -0.05) is 40.0 Å². The minimum atomic E-state index is 0.795. The Morgan fingerprint density at radius 1 is 1.00 bits per heavy atom. The van der Waals surface area contributed by atoms with E-state index in [2.05, 4.69) is 39.8 Å². The molecule has 0 spiro atoms. The fourth-order valence-corrected chi connectivity index (χ4v) is 1.73. The molecule has 1 heteroatoms. The van der Waals surface area contributed by atoms with Crippen LogP contribution in [-0.2, 0) is 0 Å². The lowest BCUT2D eigenvalue weighted by Gasteiger charge is -2.23. The summed E-state index contributed by atoms with van der Waals surface area (Å²) in [5, 5.41) is 0. The van der Waals surface area contributed by atoms with Crippen molar-refractivity contribution in [2.45, 2.75) is 58.9 Å². The molecular weight excluding hydrogens is 158 g/mol. The number of hydrogen-bond acceptors (Lipinski definition) is 1. The summed E-state index contributed by atoms with van der Waals surface area (Å²) in [5.41, 5.74) is 0. The van der Waals surface area contributed by atoms with Crippen molar-refractivity contribution in [3.05, 3.63) is 0 Å². The second kappa shape index (κ2) is 7.37. The van der Waals surface area contributed by atoms with Gasteiger partial charge in [0.05, 0.1) is 0 Å². The van der Waals surface area contributed by atoms with Crippen LogP contribution in [0, 0.1) is 5.92 Å². The maximum Gasteiger partial charge on any atom is 0.00865 e. The molecule has 0 heterocycles. The molecular formula is C12H27N. The summed E-state index contributed by atoms with van der Waals surface area (Å²) < 4.78 is 0. The largest absolute Gasteiger partial charge is 0.306 e. The lowest BCUT2D eigenvalue weighted by atomic mass is 9.98. The van der Waals surface area contributed by atoms with Gasteiger partial charge in [-0.3, -0.25) is 0 Å². The van der Waals surface area contributed by atoms with Crippen molar-refractivity contribution in [2.75, 3.05) is 14.1 Å². The first-order valence-corrected chi connectivity index (χ1v) is 5.78. The second-order valence-electron chi connectivity index (χ2n) is 4.47. The van der Waals surface area contributed by atoms with Crippen LogP contribution in [0.25, 0.3) is 0 Å². The summed E-state index contributed by atoms with van der Waals surface area (Å²) >= 11 is 0. The standard InChI is InChI=1S/C12H27N/c1-6-11(3)9-8-10-12(7-2)13(4)5/h11-12H,6-10H2,1-5H3. The fourth-order valence-electron chi connectivity index (χ4n) is 1.73. The molecule has 0 aliphatic rings. The van der Waals surface area contributed by atoms with Crippen molar-refractivity contribution in [1.82, 2.24) is 4.90 Å². The molecule has 0 aliphatic carbocycles. The molecule has 2 atom stereocenters. The number of nitrogens with zero attached hydrogens (tertiary/aromatic N) is 1. The Labute approximate surface area is 84.5 Å². The van der Waals surface area contributed by atoms with E-state index in [1.807, 2.05) is 0 Å². The van der Waals surface area contributed by atoms with E-state index in [1.165, 1.54) is 32.1 Å². The molecule has 0 radical (unpaired) electrons. The average molecular weight is 185 g/mol. The first-order chi connectivity index (χ1) is 6.11. The number of hydrogen-bond donors (Lipinski definition) is 0. The van der Waals surface area contributed by atoms with E-state index in [0.29, 0.717) is 0 Å². The Kier molecular flexibility index (Phi) is 7.35. The molecule has 0 N–H and O–H groups in total. The van der Waals surface area contributed by atoms with Crippen LogP contribution in [0.5, 0.6) is 0 Å². The van der Waals surface area contributed by atoms with Gasteiger partial charge in [0, 0.05) is 6.04 Å². The molecule has 0 fully saturated rings. The second-order valence-corrected chi connectivity index (χ2v) is 4.47. The minimum Gasteiger partial charge on any atom is -0.306 e. The molecule has 1 nitrogen and oxygen atoms in total. The highest BCUT2D eigenvalue weighted by molar-refractivity contribution is 4.64. The molecule has 0 bridgehead atoms. The van der Waals surface area contributed by atoms with Crippen molar-refractivity contribution < 1.29 is 0 Å². The molecule has 2 unspecified atom stereocenters. The first kappa shape index (κ1) is 13.0. The van der Waals surface area contributed by atoms with Gasteiger partial charge in [0.25, 0.3) is 0 Å². The van der Waals surface area contributed by atoms with Crippen LogP contribution >= 0.6 is 0 Å². The maximum absolute atomic E-state index is 2.36. The van der Waals surface area contributed by atoms with Crippen molar-refractivity contribution >= 4 is 0 Å². The van der Waals surface area contributed by atoms with E-state index in [0.717, 1.165) is 12.0 Å². The lowest BCUT2D eigenvalue weighted by Crippen LogP contribution is -2.27.